The van der Waals surface area contributed by atoms with Crippen LogP contribution >= 0.6 is 0 Å². The molecule has 0 saturated carbocycles. The van der Waals surface area contributed by atoms with E-state index in [1.807, 2.05) is 0 Å². The predicted octanol–water partition coefficient (Wildman–Crippen LogP) is 2.62. The van der Waals surface area contributed by atoms with Crippen LogP contribution in [0.4, 0.5) is 8.78 Å². The number of ether oxygens (including phenoxy) is 1. The van der Waals surface area contributed by atoms with E-state index < -0.39 is 21.3 Å². The molecule has 19 heavy (non-hydrogen) atoms. The molecule has 8 heteroatoms. The highest BCUT2D eigenvalue weighted by molar-refractivity contribution is 7.87. The lowest BCUT2D eigenvalue weighted by Crippen LogP contribution is -2.39. The van der Waals surface area contributed by atoms with E-state index in [1.54, 1.807) is 0 Å². The van der Waals surface area contributed by atoms with Crippen molar-refractivity contribution in [2.45, 2.75) is 51.2 Å². The van der Waals surface area contributed by atoms with Crippen molar-refractivity contribution >= 4 is 16.1 Å². The van der Waals surface area contributed by atoms with E-state index in [0.29, 0.717) is 18.8 Å². The van der Waals surface area contributed by atoms with Crippen LogP contribution in [0, 0.1) is 5.92 Å². The Hall–Kier alpha value is -0.760. The molecule has 0 aliphatic carbocycles. The Labute approximate surface area is 112 Å². The number of carbonyl (C=O) groups is 1. The van der Waals surface area contributed by atoms with Gasteiger partial charge in [-0.25, -0.2) is 4.79 Å². The highest BCUT2D eigenvalue weighted by Gasteiger charge is 2.54. The van der Waals surface area contributed by atoms with E-state index in [-0.39, 0.29) is 6.61 Å². The van der Waals surface area contributed by atoms with Crippen molar-refractivity contribution in [1.29, 1.82) is 0 Å². The molecule has 0 unspecified atom stereocenters. The second-order valence-electron chi connectivity index (χ2n) is 4.72. The SMILES string of the molecule is CC(C)CCCCCCOC(=O)C(F)(F)S(=O)(=O)O. The second-order valence-corrected chi connectivity index (χ2v) is 6.19. The van der Waals surface area contributed by atoms with Crippen molar-refractivity contribution in [3.63, 3.8) is 0 Å². The number of hydrogen-bond donors (Lipinski definition) is 1. The third-order valence-corrected chi connectivity index (χ3v) is 3.29. The van der Waals surface area contributed by atoms with Gasteiger partial charge in [0.05, 0.1) is 6.61 Å². The Balaban J connectivity index is 3.82. The average Bonchev–Trinajstić information content (AvgIpc) is 2.25. The summed E-state index contributed by atoms with van der Waals surface area (Å²) in [5.41, 5.74) is 0. The largest absolute Gasteiger partial charge is 0.465 e. The topological polar surface area (TPSA) is 80.7 Å². The third-order valence-electron chi connectivity index (χ3n) is 2.47. The highest BCUT2D eigenvalue weighted by atomic mass is 32.2. The van der Waals surface area contributed by atoms with E-state index >= 15 is 0 Å². The summed E-state index contributed by atoms with van der Waals surface area (Å²) in [5, 5.41) is -4.90. The quantitative estimate of drug-likeness (QED) is 0.402. The van der Waals surface area contributed by atoms with Crippen LogP contribution in [-0.4, -0.2) is 30.8 Å². The second kappa shape index (κ2) is 7.74. The van der Waals surface area contributed by atoms with Gasteiger partial charge >= 0.3 is 21.3 Å². The molecule has 114 valence electrons. The Morgan fingerprint density at radius 1 is 1.21 bits per heavy atom. The summed E-state index contributed by atoms with van der Waals surface area (Å²) < 4.78 is 58.2. The molecule has 5 nitrogen and oxygen atoms in total. The summed E-state index contributed by atoms with van der Waals surface area (Å²) in [7, 11) is -5.77. The molecule has 0 aromatic carbocycles. The van der Waals surface area contributed by atoms with Crippen LogP contribution in [0.3, 0.4) is 0 Å². The molecule has 0 rings (SSSR count). The van der Waals surface area contributed by atoms with Crippen molar-refractivity contribution in [3.05, 3.63) is 0 Å². The molecular formula is C11H20F2O5S. The van der Waals surface area contributed by atoms with Gasteiger partial charge in [-0.3, -0.25) is 4.55 Å². The molecule has 1 N–H and O–H groups in total. The van der Waals surface area contributed by atoms with Gasteiger partial charge in [-0.2, -0.15) is 17.2 Å². The Morgan fingerprint density at radius 2 is 1.74 bits per heavy atom. The number of unbranched alkanes of at least 4 members (excludes halogenated alkanes) is 3. The maximum absolute atomic E-state index is 12.7. The van der Waals surface area contributed by atoms with Gasteiger partial charge in [-0.15, -0.1) is 0 Å². The maximum Gasteiger partial charge on any atom is 0.465 e. The minimum absolute atomic E-state index is 0.286. The average molecular weight is 302 g/mol. The first-order valence-electron chi connectivity index (χ1n) is 6.11. The molecule has 0 saturated heterocycles. The van der Waals surface area contributed by atoms with Crippen molar-refractivity contribution in [2.24, 2.45) is 5.92 Å². The normalized spacial score (nSPS) is 12.7. The third kappa shape index (κ3) is 6.81. The van der Waals surface area contributed by atoms with Crippen LogP contribution in [0.5, 0.6) is 0 Å². The van der Waals surface area contributed by atoms with Crippen LogP contribution in [0.1, 0.15) is 46.0 Å². The van der Waals surface area contributed by atoms with Gasteiger partial charge in [-0.1, -0.05) is 39.5 Å². The number of carbonyl (C=O) groups excluding carboxylic acids is 1. The maximum atomic E-state index is 12.7. The number of hydrogen-bond acceptors (Lipinski definition) is 4. The van der Waals surface area contributed by atoms with Crippen molar-refractivity contribution in [1.82, 2.24) is 0 Å². The minimum atomic E-state index is -5.77. The summed E-state index contributed by atoms with van der Waals surface area (Å²) in [6.07, 6.45) is 4.06. The van der Waals surface area contributed by atoms with Gasteiger partial charge in [0.15, 0.2) is 0 Å². The molecule has 0 heterocycles. The zero-order valence-electron chi connectivity index (χ0n) is 11.1. The van der Waals surface area contributed by atoms with Crippen molar-refractivity contribution in [3.8, 4) is 0 Å². The van der Waals surface area contributed by atoms with E-state index in [2.05, 4.69) is 18.6 Å². The summed E-state index contributed by atoms with van der Waals surface area (Å²) in [6.45, 7) is 3.91. The molecule has 0 aliphatic rings. The smallest absolute Gasteiger partial charge is 0.460 e. The van der Waals surface area contributed by atoms with E-state index in [1.165, 1.54) is 0 Å². The number of esters is 1. The van der Waals surface area contributed by atoms with Crippen LogP contribution in [-0.2, 0) is 19.6 Å². The van der Waals surface area contributed by atoms with Gasteiger partial charge < -0.3 is 4.74 Å². The zero-order valence-corrected chi connectivity index (χ0v) is 11.9. The number of halogens is 2. The van der Waals surface area contributed by atoms with Gasteiger partial charge in [0, 0.05) is 0 Å². The van der Waals surface area contributed by atoms with Crippen LogP contribution in [0.25, 0.3) is 0 Å². The summed E-state index contributed by atoms with van der Waals surface area (Å²) in [4.78, 5) is 10.8. The molecule has 0 amide bonds. The summed E-state index contributed by atoms with van der Waals surface area (Å²) in [6, 6.07) is 0. The fraction of sp³-hybridized carbons (Fsp3) is 0.909. The lowest BCUT2D eigenvalue weighted by atomic mass is 10.0. The number of alkyl halides is 2. The van der Waals surface area contributed by atoms with Crippen LogP contribution in [0.2, 0.25) is 0 Å². The van der Waals surface area contributed by atoms with Gasteiger partial charge in [0.1, 0.15) is 0 Å². The first-order chi connectivity index (χ1) is 8.59. The van der Waals surface area contributed by atoms with Crippen molar-refractivity contribution < 1.29 is 31.3 Å². The molecule has 0 spiro atoms. The minimum Gasteiger partial charge on any atom is -0.460 e. The highest BCUT2D eigenvalue weighted by Crippen LogP contribution is 2.22. The molecule has 0 aromatic rings. The molecule has 0 aromatic heterocycles. The number of rotatable bonds is 9. The Kier molecular flexibility index (Phi) is 7.43. The van der Waals surface area contributed by atoms with Crippen LogP contribution < -0.4 is 0 Å². The standard InChI is InChI=1S/C11H20F2O5S/c1-9(2)7-5-3-4-6-8-18-10(14)11(12,13)19(15,16)17/h9H,3-8H2,1-2H3,(H,15,16,17). The van der Waals surface area contributed by atoms with Crippen molar-refractivity contribution in [2.75, 3.05) is 6.61 Å². The molecule has 0 bridgehead atoms. The van der Waals surface area contributed by atoms with Gasteiger partial charge in [-0.05, 0) is 12.3 Å². The summed E-state index contributed by atoms with van der Waals surface area (Å²) in [5.74, 6) is -1.64. The Bertz CT molecular complexity index is 379. The molecule has 0 atom stereocenters. The first-order valence-corrected chi connectivity index (χ1v) is 7.55. The van der Waals surface area contributed by atoms with E-state index in [9.17, 15) is 22.0 Å². The van der Waals surface area contributed by atoms with Gasteiger partial charge in [0.25, 0.3) is 0 Å². The summed E-state index contributed by atoms with van der Waals surface area (Å²) >= 11 is 0. The molecule has 0 aliphatic heterocycles. The Morgan fingerprint density at radius 3 is 2.21 bits per heavy atom. The fourth-order valence-corrected chi connectivity index (χ4v) is 1.63. The predicted molar refractivity (Wildman–Crippen MR) is 65.4 cm³/mol. The van der Waals surface area contributed by atoms with Crippen LogP contribution in [0.15, 0.2) is 0 Å². The van der Waals surface area contributed by atoms with E-state index in [4.69, 9.17) is 4.55 Å². The van der Waals surface area contributed by atoms with Gasteiger partial charge in [0.2, 0.25) is 0 Å². The lowest BCUT2D eigenvalue weighted by molar-refractivity contribution is -0.161. The zero-order chi connectivity index (χ0) is 15.1. The molecule has 0 fully saturated rings. The fourth-order valence-electron chi connectivity index (χ4n) is 1.36. The molecular weight excluding hydrogens is 282 g/mol. The first kappa shape index (κ1) is 18.2. The molecule has 0 radical (unpaired) electrons. The lowest BCUT2D eigenvalue weighted by Gasteiger charge is -2.11. The monoisotopic (exact) mass is 302 g/mol. The van der Waals surface area contributed by atoms with E-state index in [0.717, 1.165) is 19.3 Å².